The van der Waals surface area contributed by atoms with Crippen LogP contribution in [0.5, 0.6) is 0 Å². The van der Waals surface area contributed by atoms with Gasteiger partial charge in [0.2, 0.25) is 0 Å². The molecule has 1 heteroatoms. The van der Waals surface area contributed by atoms with Crippen molar-refractivity contribution in [1.82, 2.24) is 0 Å². The van der Waals surface area contributed by atoms with Gasteiger partial charge in [0.25, 0.3) is 0 Å². The Morgan fingerprint density at radius 1 is 0.870 bits per heavy atom. The van der Waals surface area contributed by atoms with Crippen molar-refractivity contribution in [3.8, 4) is 0 Å². The molecule has 0 spiro atoms. The van der Waals surface area contributed by atoms with Crippen LogP contribution in [0.4, 0.5) is 5.69 Å². The van der Waals surface area contributed by atoms with Gasteiger partial charge in [0, 0.05) is 18.8 Å². The molecule has 2 aromatic rings. The third kappa shape index (κ3) is 1.63. The van der Waals surface area contributed by atoms with E-state index in [1.54, 1.807) is 27.9 Å². The Hall–Kier alpha value is -2.02. The normalized spacial score (nSPS) is 20.7. The number of nitrogens with zero attached hydrogens (tertiary/aromatic N) is 1. The molecular formula is C22H20N. The molecule has 4 aliphatic rings. The van der Waals surface area contributed by atoms with Gasteiger partial charge < -0.3 is 4.90 Å². The highest BCUT2D eigenvalue weighted by Crippen LogP contribution is 2.54. The van der Waals surface area contributed by atoms with Crippen molar-refractivity contribution in [3.05, 3.63) is 75.7 Å². The molecule has 2 heterocycles. The monoisotopic (exact) mass is 298 g/mol. The SMILES string of the molecule is C1=C2[C]1c1ccccc1Cc1cc3c4c(c12)CCCN4CCC3. The molecule has 0 aromatic heterocycles. The maximum Gasteiger partial charge on any atom is 0.0567 e. The Morgan fingerprint density at radius 3 is 2.70 bits per heavy atom. The molecular weight excluding hydrogens is 278 g/mol. The molecule has 6 rings (SSSR count). The van der Waals surface area contributed by atoms with E-state index in [2.05, 4.69) is 41.3 Å². The van der Waals surface area contributed by atoms with E-state index in [1.807, 2.05) is 0 Å². The van der Waals surface area contributed by atoms with E-state index in [0.29, 0.717) is 0 Å². The van der Waals surface area contributed by atoms with Gasteiger partial charge in [-0.05, 0) is 71.1 Å². The van der Waals surface area contributed by atoms with Crippen LogP contribution in [0.2, 0.25) is 0 Å². The van der Waals surface area contributed by atoms with Gasteiger partial charge in [-0.3, -0.25) is 0 Å². The molecule has 0 fully saturated rings. The van der Waals surface area contributed by atoms with E-state index in [4.69, 9.17) is 0 Å². The second-order valence-corrected chi connectivity index (χ2v) is 7.40. The van der Waals surface area contributed by atoms with Crippen molar-refractivity contribution in [2.24, 2.45) is 0 Å². The van der Waals surface area contributed by atoms with Gasteiger partial charge in [0.1, 0.15) is 0 Å². The van der Waals surface area contributed by atoms with Crippen LogP contribution in [0.1, 0.15) is 46.2 Å². The van der Waals surface area contributed by atoms with Crippen LogP contribution in [0, 0.1) is 5.92 Å². The zero-order chi connectivity index (χ0) is 15.0. The Kier molecular flexibility index (Phi) is 2.31. The second kappa shape index (κ2) is 4.29. The molecule has 0 amide bonds. The fourth-order valence-corrected chi connectivity index (χ4v) is 5.08. The molecule has 0 saturated heterocycles. The second-order valence-electron chi connectivity index (χ2n) is 7.40. The zero-order valence-corrected chi connectivity index (χ0v) is 13.4. The van der Waals surface area contributed by atoms with Gasteiger partial charge >= 0.3 is 0 Å². The first-order valence-electron chi connectivity index (χ1n) is 9.00. The highest BCUT2D eigenvalue weighted by molar-refractivity contribution is 6.02. The molecule has 113 valence electrons. The maximum absolute atomic E-state index is 2.67. The standard InChI is InChI=1S/C22H20N/c1-2-7-17-14(5-1)11-16-12-15-6-3-9-23-10-4-8-18(22(15)23)21(16)20-13-19(17)20/h1-2,5,7,12-13H,3-4,6,8-11H2. The van der Waals surface area contributed by atoms with E-state index in [-0.39, 0.29) is 0 Å². The Balaban J connectivity index is 1.62. The first-order valence-corrected chi connectivity index (χ1v) is 9.00. The minimum absolute atomic E-state index is 1.10. The third-order valence-corrected chi connectivity index (χ3v) is 6.06. The molecule has 0 atom stereocenters. The van der Waals surface area contributed by atoms with Crippen LogP contribution in [-0.4, -0.2) is 13.1 Å². The van der Waals surface area contributed by atoms with Crippen molar-refractivity contribution in [3.63, 3.8) is 0 Å². The fraction of sp³-hybridized carbons (Fsp3) is 0.318. The molecule has 2 aliphatic carbocycles. The van der Waals surface area contributed by atoms with Gasteiger partial charge in [-0.15, -0.1) is 0 Å². The van der Waals surface area contributed by atoms with Crippen molar-refractivity contribution >= 4 is 11.3 Å². The topological polar surface area (TPSA) is 3.24 Å². The van der Waals surface area contributed by atoms with Crippen LogP contribution in [0.25, 0.3) is 5.57 Å². The van der Waals surface area contributed by atoms with Crippen molar-refractivity contribution < 1.29 is 0 Å². The molecule has 23 heavy (non-hydrogen) atoms. The maximum atomic E-state index is 2.67. The first kappa shape index (κ1) is 12.4. The fourth-order valence-electron chi connectivity index (χ4n) is 5.08. The number of anilines is 1. The lowest BCUT2D eigenvalue weighted by atomic mass is 9.84. The average molecular weight is 298 g/mol. The van der Waals surface area contributed by atoms with Crippen molar-refractivity contribution in [2.45, 2.75) is 32.1 Å². The summed E-state index contributed by atoms with van der Waals surface area (Å²) >= 11 is 0. The summed E-state index contributed by atoms with van der Waals surface area (Å²) in [5, 5.41) is 0. The molecule has 2 aliphatic heterocycles. The first-order chi connectivity index (χ1) is 11.4. The number of aryl methyl sites for hydroxylation is 1. The molecule has 0 N–H and O–H groups in total. The number of hydrogen-bond acceptors (Lipinski definition) is 1. The lowest BCUT2D eigenvalue weighted by Gasteiger charge is -2.38. The lowest BCUT2D eigenvalue weighted by molar-refractivity contribution is 0.632. The highest BCUT2D eigenvalue weighted by Gasteiger charge is 2.38. The van der Waals surface area contributed by atoms with Gasteiger partial charge in [-0.1, -0.05) is 36.4 Å². The third-order valence-electron chi connectivity index (χ3n) is 6.06. The molecule has 1 nitrogen and oxygen atoms in total. The summed E-state index contributed by atoms with van der Waals surface area (Å²) in [5.41, 5.74) is 12.6. The minimum atomic E-state index is 1.10. The predicted molar refractivity (Wildman–Crippen MR) is 94.9 cm³/mol. The molecule has 1 radical (unpaired) electrons. The smallest absolute Gasteiger partial charge is 0.0567 e. The summed E-state index contributed by atoms with van der Waals surface area (Å²) in [5.74, 6) is 1.50. The molecule has 0 saturated carbocycles. The van der Waals surface area contributed by atoms with E-state index < -0.39 is 0 Å². The van der Waals surface area contributed by atoms with Gasteiger partial charge in [0.15, 0.2) is 0 Å². The van der Waals surface area contributed by atoms with E-state index >= 15 is 0 Å². The Bertz CT molecular complexity index is 872. The van der Waals surface area contributed by atoms with Crippen LogP contribution < -0.4 is 4.90 Å². The number of benzene rings is 2. The van der Waals surface area contributed by atoms with Gasteiger partial charge in [-0.25, -0.2) is 0 Å². The van der Waals surface area contributed by atoms with E-state index in [1.165, 1.54) is 61.4 Å². The minimum Gasteiger partial charge on any atom is -0.371 e. The van der Waals surface area contributed by atoms with E-state index in [0.717, 1.165) is 6.42 Å². The quantitative estimate of drug-likeness (QED) is 0.700. The van der Waals surface area contributed by atoms with Crippen LogP contribution in [0.3, 0.4) is 0 Å². The Morgan fingerprint density at radius 2 is 1.74 bits per heavy atom. The number of fused-ring (bicyclic) bond motifs is 6. The molecule has 0 bridgehead atoms. The lowest BCUT2D eigenvalue weighted by Crippen LogP contribution is -2.35. The van der Waals surface area contributed by atoms with Crippen LogP contribution in [-0.2, 0) is 19.3 Å². The van der Waals surface area contributed by atoms with Crippen molar-refractivity contribution in [2.75, 3.05) is 18.0 Å². The molecule has 2 aromatic carbocycles. The van der Waals surface area contributed by atoms with E-state index in [9.17, 15) is 0 Å². The Labute approximate surface area is 137 Å². The van der Waals surface area contributed by atoms with Crippen LogP contribution >= 0.6 is 0 Å². The highest BCUT2D eigenvalue weighted by atomic mass is 15.1. The summed E-state index contributed by atoms with van der Waals surface area (Å²) in [6.45, 7) is 2.52. The molecule has 0 unspecified atom stereocenters. The number of rotatable bonds is 0. The number of hydrogen-bond donors (Lipinski definition) is 0. The largest absolute Gasteiger partial charge is 0.371 e. The van der Waals surface area contributed by atoms with Gasteiger partial charge in [-0.2, -0.15) is 0 Å². The van der Waals surface area contributed by atoms with Crippen LogP contribution in [0.15, 0.2) is 36.4 Å². The van der Waals surface area contributed by atoms with Gasteiger partial charge in [0.05, 0.1) is 5.92 Å². The number of allylic oxidation sites excluding steroid dienone is 2. The summed E-state index contributed by atoms with van der Waals surface area (Å²) < 4.78 is 0. The summed E-state index contributed by atoms with van der Waals surface area (Å²) in [7, 11) is 0. The predicted octanol–water partition coefficient (Wildman–Crippen LogP) is 4.31. The zero-order valence-electron chi connectivity index (χ0n) is 13.4. The average Bonchev–Trinajstić information content (AvgIpc) is 3.36. The van der Waals surface area contributed by atoms with Crippen molar-refractivity contribution in [1.29, 1.82) is 0 Å². The summed E-state index contributed by atoms with van der Waals surface area (Å²) in [6, 6.07) is 11.5. The summed E-state index contributed by atoms with van der Waals surface area (Å²) in [4.78, 5) is 2.67. The summed E-state index contributed by atoms with van der Waals surface area (Å²) in [6.07, 6.45) is 8.70.